The molecule has 0 fully saturated rings. The van der Waals surface area contributed by atoms with Crippen LogP contribution in [0.3, 0.4) is 0 Å². The van der Waals surface area contributed by atoms with Crippen LogP contribution in [0.15, 0.2) is 18.3 Å². The highest BCUT2D eigenvalue weighted by atomic mass is 16.3. The van der Waals surface area contributed by atoms with E-state index in [1.807, 2.05) is 6.92 Å². The molecule has 0 saturated heterocycles. The van der Waals surface area contributed by atoms with Crippen molar-refractivity contribution in [1.29, 1.82) is 0 Å². The van der Waals surface area contributed by atoms with Crippen molar-refractivity contribution in [3.8, 4) is 0 Å². The van der Waals surface area contributed by atoms with E-state index in [2.05, 4.69) is 10.3 Å². The summed E-state index contributed by atoms with van der Waals surface area (Å²) in [5, 5.41) is 11.8. The van der Waals surface area contributed by atoms with Gasteiger partial charge in [0.25, 0.3) is 5.91 Å². The van der Waals surface area contributed by atoms with E-state index < -0.39 is 5.91 Å². The number of nitrogens with zero attached hydrogens (tertiary/aromatic N) is 1. The predicted molar refractivity (Wildman–Crippen MR) is 52.9 cm³/mol. The van der Waals surface area contributed by atoms with Gasteiger partial charge in [-0.05, 0) is 19.1 Å². The lowest BCUT2D eigenvalue weighted by Crippen LogP contribution is -2.20. The Morgan fingerprint density at radius 2 is 2.50 bits per heavy atom. The maximum absolute atomic E-state index is 10.8. The van der Waals surface area contributed by atoms with Crippen LogP contribution in [-0.4, -0.2) is 28.6 Å². The first-order chi connectivity index (χ1) is 6.63. The average molecular weight is 195 g/mol. The molecule has 4 N–H and O–H groups in total. The number of hydrogen-bond acceptors (Lipinski definition) is 4. The van der Waals surface area contributed by atoms with Gasteiger partial charge >= 0.3 is 0 Å². The third kappa shape index (κ3) is 2.70. The number of rotatable bonds is 4. The van der Waals surface area contributed by atoms with Crippen molar-refractivity contribution < 1.29 is 9.90 Å². The highest BCUT2D eigenvalue weighted by Crippen LogP contribution is 2.08. The Morgan fingerprint density at radius 3 is 3.07 bits per heavy atom. The molecule has 0 aliphatic carbocycles. The molecule has 1 heterocycles. The van der Waals surface area contributed by atoms with Crippen molar-refractivity contribution in [3.05, 3.63) is 24.0 Å². The zero-order valence-electron chi connectivity index (χ0n) is 7.90. The number of primary amides is 1. The number of carbonyl (C=O) groups is 1. The molecule has 0 unspecified atom stereocenters. The minimum atomic E-state index is -0.565. The molecule has 1 rings (SSSR count). The van der Waals surface area contributed by atoms with Gasteiger partial charge in [0, 0.05) is 17.9 Å². The van der Waals surface area contributed by atoms with Crippen LogP contribution in [0.25, 0.3) is 0 Å². The molecule has 5 nitrogen and oxygen atoms in total. The topological polar surface area (TPSA) is 88.2 Å². The van der Waals surface area contributed by atoms with Crippen LogP contribution in [0.1, 0.15) is 17.4 Å². The van der Waals surface area contributed by atoms with Crippen LogP contribution in [0, 0.1) is 0 Å². The molecular weight excluding hydrogens is 182 g/mol. The number of aliphatic hydroxyl groups excluding tert-OH is 1. The Bertz CT molecular complexity index is 328. The van der Waals surface area contributed by atoms with E-state index in [1.165, 1.54) is 6.20 Å². The van der Waals surface area contributed by atoms with Crippen molar-refractivity contribution in [2.24, 2.45) is 5.73 Å². The van der Waals surface area contributed by atoms with Gasteiger partial charge < -0.3 is 16.2 Å². The normalized spacial score (nSPS) is 12.1. The first kappa shape index (κ1) is 10.5. The summed E-state index contributed by atoms with van der Waals surface area (Å²) in [6.45, 7) is 1.85. The minimum Gasteiger partial charge on any atom is -0.394 e. The summed E-state index contributed by atoms with van der Waals surface area (Å²) in [6.07, 6.45) is 1.49. The second-order valence-corrected chi connectivity index (χ2v) is 3.02. The third-order valence-corrected chi connectivity index (χ3v) is 1.70. The maximum Gasteiger partial charge on any atom is 0.267 e. The number of nitrogens with one attached hydrogen (secondary N) is 1. The lowest BCUT2D eigenvalue weighted by Gasteiger charge is -2.12. The van der Waals surface area contributed by atoms with E-state index in [4.69, 9.17) is 10.8 Å². The molecule has 0 radical (unpaired) electrons. The Labute approximate surface area is 82.0 Å². The molecule has 0 aliphatic heterocycles. The number of aromatic nitrogens is 1. The van der Waals surface area contributed by atoms with Gasteiger partial charge in [-0.2, -0.15) is 0 Å². The summed E-state index contributed by atoms with van der Waals surface area (Å²) in [5.74, 6) is -0.565. The standard InChI is InChI=1S/C9H13N3O2/c1-6(5-13)12-7-2-3-11-8(4-7)9(10)14/h2-4,6,13H,5H2,1H3,(H2,10,14)(H,11,12)/t6-/m0/s1. The Kier molecular flexibility index (Phi) is 3.41. The number of aliphatic hydroxyl groups is 1. The SMILES string of the molecule is C[C@@H](CO)Nc1ccnc(C(N)=O)c1. The van der Waals surface area contributed by atoms with Crippen LogP contribution < -0.4 is 11.1 Å². The number of carbonyl (C=O) groups excluding carboxylic acids is 1. The Hall–Kier alpha value is -1.62. The van der Waals surface area contributed by atoms with Crippen molar-refractivity contribution in [2.75, 3.05) is 11.9 Å². The molecule has 1 amide bonds. The lowest BCUT2D eigenvalue weighted by molar-refractivity contribution is 0.0995. The van der Waals surface area contributed by atoms with E-state index in [9.17, 15) is 4.79 Å². The fourth-order valence-electron chi connectivity index (χ4n) is 0.985. The smallest absolute Gasteiger partial charge is 0.267 e. The van der Waals surface area contributed by atoms with Gasteiger partial charge in [-0.3, -0.25) is 9.78 Å². The summed E-state index contributed by atoms with van der Waals surface area (Å²) >= 11 is 0. The molecule has 76 valence electrons. The molecule has 1 aromatic heterocycles. The van der Waals surface area contributed by atoms with Gasteiger partial charge in [-0.1, -0.05) is 0 Å². The molecule has 0 spiro atoms. The Morgan fingerprint density at radius 1 is 1.79 bits per heavy atom. The van der Waals surface area contributed by atoms with Gasteiger partial charge in [0.05, 0.1) is 6.61 Å². The van der Waals surface area contributed by atoms with Crippen LogP contribution in [-0.2, 0) is 0 Å². The molecule has 0 bridgehead atoms. The van der Waals surface area contributed by atoms with Gasteiger partial charge in [-0.25, -0.2) is 0 Å². The lowest BCUT2D eigenvalue weighted by atomic mass is 10.2. The van der Waals surface area contributed by atoms with Crippen molar-refractivity contribution in [2.45, 2.75) is 13.0 Å². The first-order valence-corrected chi connectivity index (χ1v) is 4.26. The van der Waals surface area contributed by atoms with Gasteiger partial charge in [0.2, 0.25) is 0 Å². The van der Waals surface area contributed by atoms with Crippen LogP contribution in [0.4, 0.5) is 5.69 Å². The first-order valence-electron chi connectivity index (χ1n) is 4.26. The number of amides is 1. The van der Waals surface area contributed by atoms with E-state index in [-0.39, 0.29) is 18.3 Å². The summed E-state index contributed by atoms with van der Waals surface area (Å²) in [7, 11) is 0. The second kappa shape index (κ2) is 4.57. The second-order valence-electron chi connectivity index (χ2n) is 3.02. The largest absolute Gasteiger partial charge is 0.394 e. The maximum atomic E-state index is 10.8. The van der Waals surface area contributed by atoms with E-state index in [0.29, 0.717) is 0 Å². The molecular formula is C9H13N3O2. The van der Waals surface area contributed by atoms with E-state index in [1.54, 1.807) is 12.1 Å². The number of pyridine rings is 1. The molecule has 0 saturated carbocycles. The number of anilines is 1. The quantitative estimate of drug-likeness (QED) is 0.629. The predicted octanol–water partition coefficient (Wildman–Crippen LogP) is -0.0268. The zero-order chi connectivity index (χ0) is 10.6. The fraction of sp³-hybridized carbons (Fsp3) is 0.333. The van der Waals surface area contributed by atoms with Gasteiger partial charge in [-0.15, -0.1) is 0 Å². The summed E-state index contributed by atoms with van der Waals surface area (Å²) in [5.41, 5.74) is 5.99. The monoisotopic (exact) mass is 195 g/mol. The van der Waals surface area contributed by atoms with Crippen LogP contribution in [0.2, 0.25) is 0 Å². The highest BCUT2D eigenvalue weighted by Gasteiger charge is 2.04. The van der Waals surface area contributed by atoms with Crippen molar-refractivity contribution >= 4 is 11.6 Å². The minimum absolute atomic E-state index is 0.0221. The summed E-state index contributed by atoms with van der Waals surface area (Å²) < 4.78 is 0. The van der Waals surface area contributed by atoms with Crippen molar-refractivity contribution in [1.82, 2.24) is 4.98 Å². The van der Waals surface area contributed by atoms with Gasteiger partial charge in [0.1, 0.15) is 5.69 Å². The molecule has 1 aromatic rings. The fourth-order valence-corrected chi connectivity index (χ4v) is 0.985. The highest BCUT2D eigenvalue weighted by molar-refractivity contribution is 5.91. The van der Waals surface area contributed by atoms with Crippen LogP contribution >= 0.6 is 0 Å². The molecule has 5 heteroatoms. The summed E-state index contributed by atoms with van der Waals surface area (Å²) in [6, 6.07) is 3.19. The number of hydrogen-bond donors (Lipinski definition) is 3. The van der Waals surface area contributed by atoms with E-state index >= 15 is 0 Å². The third-order valence-electron chi connectivity index (χ3n) is 1.70. The zero-order valence-corrected chi connectivity index (χ0v) is 7.90. The average Bonchev–Trinajstić information content (AvgIpc) is 2.18. The number of nitrogens with two attached hydrogens (primary N) is 1. The van der Waals surface area contributed by atoms with Gasteiger partial charge in [0.15, 0.2) is 0 Å². The molecule has 1 atom stereocenters. The molecule has 0 aliphatic rings. The molecule has 0 aromatic carbocycles. The molecule has 14 heavy (non-hydrogen) atoms. The van der Waals surface area contributed by atoms with E-state index in [0.717, 1.165) is 5.69 Å². The van der Waals surface area contributed by atoms with Crippen LogP contribution in [0.5, 0.6) is 0 Å². The van der Waals surface area contributed by atoms with Crippen molar-refractivity contribution in [3.63, 3.8) is 0 Å². The summed E-state index contributed by atoms with van der Waals surface area (Å²) in [4.78, 5) is 14.6. The Balaban J connectivity index is 2.78.